The summed E-state index contributed by atoms with van der Waals surface area (Å²) in [5.74, 6) is 1.84. The van der Waals surface area contributed by atoms with E-state index in [4.69, 9.17) is 32.8 Å². The van der Waals surface area contributed by atoms with E-state index in [1.54, 1.807) is 7.11 Å². The van der Waals surface area contributed by atoms with Gasteiger partial charge < -0.3 is 68.6 Å². The lowest BCUT2D eigenvalue weighted by molar-refractivity contribution is -0.307. The molecular formula is C32H40O14. The minimum atomic E-state index is -1.59. The fourth-order valence-corrected chi connectivity index (χ4v) is 6.18. The molecule has 2 aromatic carbocycles. The maximum atomic E-state index is 10.5. The van der Waals surface area contributed by atoms with Gasteiger partial charge in [-0.1, -0.05) is 0 Å². The highest BCUT2D eigenvalue weighted by Crippen LogP contribution is 2.39. The maximum Gasteiger partial charge on any atom is 0.231 e. The number of fused-ring (bicyclic) bond motifs is 2. The van der Waals surface area contributed by atoms with Crippen LogP contribution in [0.5, 0.6) is 17.2 Å². The van der Waals surface area contributed by atoms with Crippen LogP contribution in [0.2, 0.25) is 0 Å². The molecule has 10 atom stereocenters. The third-order valence-corrected chi connectivity index (χ3v) is 8.89. The fraction of sp³-hybridized carbons (Fsp3) is 0.562. The number of aryl methyl sites for hydroxylation is 1. The first-order valence-corrected chi connectivity index (χ1v) is 15.3. The molecule has 1 aromatic heterocycles. The minimum Gasteiger partial charge on any atom is -0.493 e. The van der Waals surface area contributed by atoms with Crippen molar-refractivity contribution < 1.29 is 68.6 Å². The Morgan fingerprint density at radius 2 is 1.61 bits per heavy atom. The van der Waals surface area contributed by atoms with Crippen LogP contribution in [0, 0.1) is 5.92 Å². The first-order valence-electron chi connectivity index (χ1n) is 15.3. The topological polar surface area (TPSA) is 210 Å². The van der Waals surface area contributed by atoms with Crippen LogP contribution in [0.15, 0.2) is 40.8 Å². The van der Waals surface area contributed by atoms with Crippen LogP contribution in [-0.2, 0) is 20.6 Å². The smallest absolute Gasteiger partial charge is 0.231 e. The maximum absolute atomic E-state index is 10.5. The molecule has 1 saturated heterocycles. The van der Waals surface area contributed by atoms with Gasteiger partial charge in [0, 0.05) is 23.5 Å². The lowest BCUT2D eigenvalue weighted by Crippen LogP contribution is -2.60. The van der Waals surface area contributed by atoms with Crippen LogP contribution < -0.4 is 14.2 Å². The van der Waals surface area contributed by atoms with Crippen molar-refractivity contribution in [2.75, 3.05) is 33.7 Å². The van der Waals surface area contributed by atoms with Crippen LogP contribution in [0.1, 0.15) is 18.4 Å². The third-order valence-electron chi connectivity index (χ3n) is 8.89. The van der Waals surface area contributed by atoms with Crippen molar-refractivity contribution in [1.29, 1.82) is 0 Å². The molecule has 0 amide bonds. The normalized spacial score (nSPS) is 32.6. The molecule has 3 aliphatic rings. The van der Waals surface area contributed by atoms with E-state index in [-0.39, 0.29) is 26.4 Å². The molecule has 10 unspecified atom stereocenters. The predicted molar refractivity (Wildman–Crippen MR) is 158 cm³/mol. The van der Waals surface area contributed by atoms with Crippen molar-refractivity contribution in [1.82, 2.24) is 0 Å². The van der Waals surface area contributed by atoms with Gasteiger partial charge in [0.1, 0.15) is 42.4 Å². The van der Waals surface area contributed by atoms with Crippen molar-refractivity contribution in [3.8, 4) is 28.6 Å². The number of ether oxygens (including phenoxy) is 6. The van der Waals surface area contributed by atoms with Gasteiger partial charge in [0.05, 0.1) is 32.5 Å². The number of rotatable bonds is 11. The van der Waals surface area contributed by atoms with E-state index in [0.29, 0.717) is 41.4 Å². The van der Waals surface area contributed by atoms with E-state index in [1.165, 1.54) is 0 Å². The highest BCUT2D eigenvalue weighted by Gasteiger charge is 2.47. The lowest BCUT2D eigenvalue weighted by atomic mass is 9.81. The number of benzene rings is 2. The molecule has 2 fully saturated rings. The number of furan rings is 1. The van der Waals surface area contributed by atoms with E-state index in [2.05, 4.69) is 0 Å². The standard InChI is InChI=1S/C32H40O14/c1-40-23-8-15(7-17-10-20(45-31(17)23)16-4-5-19-21(9-16)44-14-43-19)3-2-6-41-32-30(39)29(38)27(36)24(46-32)13-42-22-11-18(12-33)25(34)28(37)26(22)35/h4-5,7-10,18,22,24-30,32-39H,2-3,6,11-14H2,1H3. The van der Waals surface area contributed by atoms with Crippen LogP contribution >= 0.6 is 0 Å². The molecule has 2 aliphatic heterocycles. The molecule has 14 nitrogen and oxygen atoms in total. The molecule has 0 radical (unpaired) electrons. The van der Waals surface area contributed by atoms with E-state index < -0.39 is 67.6 Å². The monoisotopic (exact) mass is 648 g/mol. The van der Waals surface area contributed by atoms with E-state index in [1.807, 2.05) is 36.4 Å². The van der Waals surface area contributed by atoms with Gasteiger partial charge >= 0.3 is 0 Å². The summed E-state index contributed by atoms with van der Waals surface area (Å²) in [4.78, 5) is 0. The van der Waals surface area contributed by atoms with Gasteiger partial charge in [0.15, 0.2) is 29.1 Å². The van der Waals surface area contributed by atoms with Gasteiger partial charge in [-0.05, 0) is 61.2 Å². The third kappa shape index (κ3) is 6.55. The molecule has 14 heteroatoms. The van der Waals surface area contributed by atoms with Gasteiger partial charge in [0.2, 0.25) is 6.79 Å². The molecule has 3 heterocycles. The van der Waals surface area contributed by atoms with Crippen molar-refractivity contribution in [2.24, 2.45) is 5.92 Å². The average molecular weight is 649 g/mol. The zero-order chi connectivity index (χ0) is 32.5. The van der Waals surface area contributed by atoms with Crippen LogP contribution in [0.25, 0.3) is 22.3 Å². The summed E-state index contributed by atoms with van der Waals surface area (Å²) in [6.45, 7) is -0.402. The van der Waals surface area contributed by atoms with Crippen LogP contribution in [0.3, 0.4) is 0 Å². The quantitative estimate of drug-likeness (QED) is 0.137. The molecular weight excluding hydrogens is 608 g/mol. The molecule has 0 bridgehead atoms. The summed E-state index contributed by atoms with van der Waals surface area (Å²) in [7, 11) is 1.57. The number of hydrogen-bond donors (Lipinski definition) is 7. The van der Waals surface area contributed by atoms with Crippen molar-refractivity contribution in [3.63, 3.8) is 0 Å². The van der Waals surface area contributed by atoms with Crippen molar-refractivity contribution >= 4 is 11.0 Å². The molecule has 1 saturated carbocycles. The summed E-state index contributed by atoms with van der Waals surface area (Å²) >= 11 is 0. The summed E-state index contributed by atoms with van der Waals surface area (Å²) in [5.41, 5.74) is 2.39. The minimum absolute atomic E-state index is 0.0545. The van der Waals surface area contributed by atoms with Crippen molar-refractivity contribution in [3.05, 3.63) is 42.0 Å². The van der Waals surface area contributed by atoms with Crippen LogP contribution in [0.4, 0.5) is 0 Å². The van der Waals surface area contributed by atoms with Crippen LogP contribution in [-0.4, -0.2) is 125 Å². The Labute approximate surface area is 264 Å². The largest absolute Gasteiger partial charge is 0.493 e. The average Bonchev–Trinajstić information content (AvgIpc) is 3.72. The second kappa shape index (κ2) is 14.0. The molecule has 1 aliphatic carbocycles. The zero-order valence-corrected chi connectivity index (χ0v) is 25.2. The summed E-state index contributed by atoms with van der Waals surface area (Å²) in [6.07, 6.45) is -11.1. The summed E-state index contributed by atoms with van der Waals surface area (Å²) in [5, 5.41) is 72.2. The number of aliphatic hydroxyl groups excluding tert-OH is 7. The number of aliphatic hydroxyl groups is 7. The number of methoxy groups -OCH3 is 1. The Kier molecular flexibility index (Phi) is 10.0. The number of hydrogen-bond acceptors (Lipinski definition) is 14. The molecule has 252 valence electrons. The Bertz CT molecular complexity index is 1470. The van der Waals surface area contributed by atoms with E-state index >= 15 is 0 Å². The highest BCUT2D eigenvalue weighted by atomic mass is 16.7. The Morgan fingerprint density at radius 3 is 2.39 bits per heavy atom. The van der Waals surface area contributed by atoms with E-state index in [0.717, 1.165) is 16.5 Å². The second-order valence-corrected chi connectivity index (χ2v) is 11.9. The predicted octanol–water partition coefficient (Wildman–Crippen LogP) is 0.0740. The Balaban J connectivity index is 1.05. The zero-order valence-electron chi connectivity index (χ0n) is 25.2. The first kappa shape index (κ1) is 32.9. The van der Waals surface area contributed by atoms with Gasteiger partial charge in [-0.2, -0.15) is 0 Å². The van der Waals surface area contributed by atoms with Gasteiger partial charge in [-0.15, -0.1) is 0 Å². The molecule has 46 heavy (non-hydrogen) atoms. The second-order valence-electron chi connectivity index (χ2n) is 11.9. The molecule has 3 aromatic rings. The summed E-state index contributed by atoms with van der Waals surface area (Å²) < 4.78 is 39.8. The van der Waals surface area contributed by atoms with E-state index in [9.17, 15) is 35.7 Å². The molecule has 6 rings (SSSR count). The lowest BCUT2D eigenvalue weighted by Gasteiger charge is -2.42. The molecule has 7 N–H and O–H groups in total. The Morgan fingerprint density at radius 1 is 0.826 bits per heavy atom. The first-order chi connectivity index (χ1) is 22.2. The Hall–Kier alpha value is -3.02. The van der Waals surface area contributed by atoms with Gasteiger partial charge in [-0.25, -0.2) is 0 Å². The van der Waals surface area contributed by atoms with Crippen molar-refractivity contribution in [2.45, 2.75) is 74.4 Å². The fourth-order valence-electron chi connectivity index (χ4n) is 6.18. The SMILES string of the molecule is COc1cc(CCCOC2OC(COC3CC(CO)C(O)C(O)C3O)C(O)C(O)C2O)cc2cc(-c3ccc4c(c3)OCO4)oc12. The van der Waals surface area contributed by atoms with Gasteiger partial charge in [0.25, 0.3) is 0 Å². The van der Waals surface area contributed by atoms with Gasteiger partial charge in [-0.3, -0.25) is 0 Å². The highest BCUT2D eigenvalue weighted by molar-refractivity contribution is 5.88. The molecule has 0 spiro atoms. The summed E-state index contributed by atoms with van der Waals surface area (Å²) in [6, 6.07) is 11.4.